The fourth-order valence-corrected chi connectivity index (χ4v) is 2.66. The molecule has 0 unspecified atom stereocenters. The quantitative estimate of drug-likeness (QED) is 0.640. The lowest BCUT2D eigenvalue weighted by molar-refractivity contribution is -0.119. The Morgan fingerprint density at radius 1 is 1.21 bits per heavy atom. The van der Waals surface area contributed by atoms with E-state index in [1.54, 1.807) is 59.5 Å². The van der Waals surface area contributed by atoms with Gasteiger partial charge in [-0.25, -0.2) is 9.48 Å². The number of carbonyl (C=O) groups excluding carboxylic acids is 2. The Morgan fingerprint density at radius 3 is 2.61 bits per heavy atom. The highest BCUT2D eigenvalue weighted by Gasteiger charge is 2.13. The third kappa shape index (κ3) is 4.50. The molecule has 0 radical (unpaired) electrons. The zero-order valence-electron chi connectivity index (χ0n) is 15.3. The highest BCUT2D eigenvalue weighted by Crippen LogP contribution is 2.30. The van der Waals surface area contributed by atoms with Gasteiger partial charge in [-0.1, -0.05) is 11.6 Å². The number of aryl methyl sites for hydroxylation is 1. The fraction of sp³-hybridized carbons (Fsp3) is 0.150. The first-order valence-corrected chi connectivity index (χ1v) is 8.77. The standard InChI is InChI=1S/C20H18ClN3O4/c1-13-10-17(18(27-2)11-16(13)21)23-19(25)12-28-20(26)14-4-6-15(7-5-14)24-9-3-8-22-24/h3-11H,12H2,1-2H3,(H,23,25). The third-order valence-electron chi connectivity index (χ3n) is 3.96. The van der Waals surface area contributed by atoms with Crippen molar-refractivity contribution in [2.75, 3.05) is 19.0 Å². The maximum Gasteiger partial charge on any atom is 0.338 e. The second-order valence-electron chi connectivity index (χ2n) is 5.92. The first-order valence-electron chi connectivity index (χ1n) is 8.39. The molecule has 0 aliphatic carbocycles. The molecule has 1 heterocycles. The van der Waals surface area contributed by atoms with Crippen LogP contribution in [0.5, 0.6) is 5.75 Å². The summed E-state index contributed by atoms with van der Waals surface area (Å²) in [5, 5.41) is 7.30. The minimum absolute atomic E-state index is 0.337. The van der Waals surface area contributed by atoms with Crippen LogP contribution >= 0.6 is 11.6 Å². The molecule has 0 atom stereocenters. The summed E-state index contributed by atoms with van der Waals surface area (Å²) in [6.07, 6.45) is 3.46. The maximum atomic E-state index is 12.2. The Kier molecular flexibility index (Phi) is 5.96. The average Bonchev–Trinajstić information content (AvgIpc) is 3.23. The van der Waals surface area contributed by atoms with Gasteiger partial charge in [0, 0.05) is 23.5 Å². The first-order chi connectivity index (χ1) is 13.5. The Labute approximate surface area is 166 Å². The lowest BCUT2D eigenvalue weighted by atomic mass is 10.2. The van der Waals surface area contributed by atoms with E-state index in [0.29, 0.717) is 22.0 Å². The fourth-order valence-electron chi connectivity index (χ4n) is 2.50. The normalized spacial score (nSPS) is 10.4. The molecule has 7 nitrogen and oxygen atoms in total. The number of methoxy groups -OCH3 is 1. The van der Waals surface area contributed by atoms with Gasteiger partial charge in [-0.2, -0.15) is 5.10 Å². The summed E-state index contributed by atoms with van der Waals surface area (Å²) in [5.74, 6) is -0.660. The number of nitrogens with one attached hydrogen (secondary N) is 1. The molecule has 0 aliphatic rings. The van der Waals surface area contributed by atoms with Crippen LogP contribution < -0.4 is 10.1 Å². The number of hydrogen-bond acceptors (Lipinski definition) is 5. The molecule has 1 aromatic heterocycles. The molecule has 0 aliphatic heterocycles. The number of aromatic nitrogens is 2. The summed E-state index contributed by atoms with van der Waals surface area (Å²) in [4.78, 5) is 24.3. The van der Waals surface area contributed by atoms with Crippen molar-refractivity contribution in [3.63, 3.8) is 0 Å². The Morgan fingerprint density at radius 2 is 1.96 bits per heavy atom. The van der Waals surface area contributed by atoms with Crippen molar-refractivity contribution in [3.05, 3.63) is 71.0 Å². The number of halogens is 1. The lowest BCUT2D eigenvalue weighted by Gasteiger charge is -2.12. The van der Waals surface area contributed by atoms with Gasteiger partial charge in [0.2, 0.25) is 0 Å². The van der Waals surface area contributed by atoms with Crippen molar-refractivity contribution >= 4 is 29.2 Å². The SMILES string of the molecule is COc1cc(Cl)c(C)cc1NC(=O)COC(=O)c1ccc(-n2cccn2)cc1. The molecular formula is C20H18ClN3O4. The highest BCUT2D eigenvalue weighted by molar-refractivity contribution is 6.31. The average molecular weight is 400 g/mol. The molecule has 0 bridgehead atoms. The first kappa shape index (κ1) is 19.4. The van der Waals surface area contributed by atoms with Gasteiger partial charge < -0.3 is 14.8 Å². The van der Waals surface area contributed by atoms with E-state index in [0.717, 1.165) is 11.3 Å². The molecule has 3 rings (SSSR count). The van der Waals surface area contributed by atoms with Gasteiger partial charge in [0.15, 0.2) is 6.61 Å². The van der Waals surface area contributed by atoms with Gasteiger partial charge in [0.25, 0.3) is 5.91 Å². The maximum absolute atomic E-state index is 12.2. The second kappa shape index (κ2) is 8.58. The van der Waals surface area contributed by atoms with Crippen molar-refractivity contribution < 1.29 is 19.1 Å². The van der Waals surface area contributed by atoms with Crippen LogP contribution in [-0.2, 0) is 9.53 Å². The Hall–Kier alpha value is -3.32. The molecular weight excluding hydrogens is 382 g/mol. The predicted molar refractivity (Wildman–Crippen MR) is 105 cm³/mol. The van der Waals surface area contributed by atoms with Crippen LogP contribution in [0.25, 0.3) is 5.69 Å². The van der Waals surface area contributed by atoms with Gasteiger partial charge >= 0.3 is 5.97 Å². The number of amides is 1. The number of esters is 1. The summed E-state index contributed by atoms with van der Waals surface area (Å²) < 4.78 is 12.0. The zero-order valence-corrected chi connectivity index (χ0v) is 16.1. The number of nitrogens with zero attached hydrogens (tertiary/aromatic N) is 2. The molecule has 144 valence electrons. The summed E-state index contributed by atoms with van der Waals surface area (Å²) in [6.45, 7) is 1.38. The zero-order chi connectivity index (χ0) is 20.1. The van der Waals surface area contributed by atoms with Crippen molar-refractivity contribution in [2.45, 2.75) is 6.92 Å². The van der Waals surface area contributed by atoms with Gasteiger partial charge in [0.05, 0.1) is 24.0 Å². The van der Waals surface area contributed by atoms with E-state index in [-0.39, 0.29) is 0 Å². The van der Waals surface area contributed by atoms with E-state index >= 15 is 0 Å². The van der Waals surface area contributed by atoms with Crippen LogP contribution in [0.15, 0.2) is 54.9 Å². The van der Waals surface area contributed by atoms with E-state index < -0.39 is 18.5 Å². The number of benzene rings is 2. The smallest absolute Gasteiger partial charge is 0.338 e. The molecule has 8 heteroatoms. The van der Waals surface area contributed by atoms with Gasteiger partial charge in [-0.05, 0) is 48.9 Å². The van der Waals surface area contributed by atoms with Crippen molar-refractivity contribution in [1.29, 1.82) is 0 Å². The molecule has 1 amide bonds. The Balaban J connectivity index is 1.59. The summed E-state index contributed by atoms with van der Waals surface area (Å²) >= 11 is 6.05. The largest absolute Gasteiger partial charge is 0.495 e. The molecule has 3 aromatic rings. The van der Waals surface area contributed by atoms with Crippen LogP contribution in [0.1, 0.15) is 15.9 Å². The number of carbonyl (C=O) groups is 2. The van der Waals surface area contributed by atoms with Crippen LogP contribution in [0.2, 0.25) is 5.02 Å². The van der Waals surface area contributed by atoms with Crippen LogP contribution in [0.4, 0.5) is 5.69 Å². The predicted octanol–water partition coefficient (Wildman–Crippen LogP) is 3.64. The number of ether oxygens (including phenoxy) is 2. The number of rotatable bonds is 6. The molecule has 0 spiro atoms. The molecule has 28 heavy (non-hydrogen) atoms. The van der Waals surface area contributed by atoms with Crippen LogP contribution in [-0.4, -0.2) is 35.4 Å². The lowest BCUT2D eigenvalue weighted by Crippen LogP contribution is -2.21. The second-order valence-corrected chi connectivity index (χ2v) is 6.33. The van der Waals surface area contributed by atoms with E-state index in [9.17, 15) is 9.59 Å². The molecule has 2 aromatic carbocycles. The van der Waals surface area contributed by atoms with E-state index in [1.165, 1.54) is 7.11 Å². The van der Waals surface area contributed by atoms with E-state index in [2.05, 4.69) is 10.4 Å². The topological polar surface area (TPSA) is 82.5 Å². The summed E-state index contributed by atoms with van der Waals surface area (Å²) in [7, 11) is 1.48. The van der Waals surface area contributed by atoms with Crippen LogP contribution in [0, 0.1) is 6.92 Å². The van der Waals surface area contributed by atoms with Gasteiger partial charge in [0.1, 0.15) is 5.75 Å². The van der Waals surface area contributed by atoms with Gasteiger partial charge in [-0.3, -0.25) is 4.79 Å². The molecule has 1 N–H and O–H groups in total. The van der Waals surface area contributed by atoms with Crippen molar-refractivity contribution in [1.82, 2.24) is 9.78 Å². The summed E-state index contributed by atoms with van der Waals surface area (Å²) in [5.41, 5.74) is 2.38. The highest BCUT2D eigenvalue weighted by atomic mass is 35.5. The molecule has 0 fully saturated rings. The monoisotopic (exact) mass is 399 g/mol. The molecule has 0 saturated carbocycles. The van der Waals surface area contributed by atoms with E-state index in [4.69, 9.17) is 21.1 Å². The molecule has 0 saturated heterocycles. The minimum Gasteiger partial charge on any atom is -0.495 e. The minimum atomic E-state index is -0.596. The van der Waals surface area contributed by atoms with Crippen molar-refractivity contribution in [3.8, 4) is 11.4 Å². The van der Waals surface area contributed by atoms with E-state index in [1.807, 2.05) is 6.92 Å². The number of hydrogen-bond donors (Lipinski definition) is 1. The van der Waals surface area contributed by atoms with Gasteiger partial charge in [-0.15, -0.1) is 0 Å². The van der Waals surface area contributed by atoms with Crippen molar-refractivity contribution in [2.24, 2.45) is 0 Å². The Bertz CT molecular complexity index is 985. The van der Waals surface area contributed by atoms with Crippen LogP contribution in [0.3, 0.4) is 0 Å². The number of anilines is 1. The third-order valence-corrected chi connectivity index (χ3v) is 4.37. The summed E-state index contributed by atoms with van der Waals surface area (Å²) in [6, 6.07) is 11.8.